The van der Waals surface area contributed by atoms with Gasteiger partial charge in [-0.2, -0.15) is 13.2 Å². The number of alkyl halides is 3. The van der Waals surface area contributed by atoms with Crippen molar-refractivity contribution in [2.24, 2.45) is 0 Å². The van der Waals surface area contributed by atoms with Crippen LogP contribution in [-0.4, -0.2) is 12.5 Å². The summed E-state index contributed by atoms with van der Waals surface area (Å²) in [5.41, 5.74) is 2.17. The zero-order valence-electron chi connectivity index (χ0n) is 16.0. The van der Waals surface area contributed by atoms with Crippen LogP contribution in [0.25, 0.3) is 11.1 Å². The smallest absolute Gasteiger partial charge is 0.312 e. The number of amides is 1. The molecule has 30 heavy (non-hydrogen) atoms. The van der Waals surface area contributed by atoms with E-state index in [0.717, 1.165) is 35.4 Å². The van der Waals surface area contributed by atoms with Crippen LogP contribution in [0.2, 0.25) is 0 Å². The third-order valence-corrected chi connectivity index (χ3v) is 5.42. The third-order valence-electron chi connectivity index (χ3n) is 5.42. The summed E-state index contributed by atoms with van der Waals surface area (Å²) in [7, 11) is 0. The zero-order valence-corrected chi connectivity index (χ0v) is 16.0. The highest BCUT2D eigenvalue weighted by Gasteiger charge is 2.33. The van der Waals surface area contributed by atoms with E-state index in [1.165, 1.54) is 24.3 Å². The van der Waals surface area contributed by atoms with Crippen LogP contribution in [0, 0.1) is 5.82 Å². The first-order valence-corrected chi connectivity index (χ1v) is 9.67. The molecule has 1 aliphatic rings. The Morgan fingerprint density at radius 3 is 2.20 bits per heavy atom. The molecule has 2 nitrogen and oxygen atoms in total. The van der Waals surface area contributed by atoms with Gasteiger partial charge in [0.25, 0.3) is 0 Å². The monoisotopic (exact) mass is 413 g/mol. The van der Waals surface area contributed by atoms with Gasteiger partial charge in [-0.05, 0) is 65.9 Å². The van der Waals surface area contributed by atoms with Gasteiger partial charge in [-0.1, -0.05) is 36.4 Å². The van der Waals surface area contributed by atoms with Crippen LogP contribution in [0.5, 0.6) is 0 Å². The molecule has 0 aromatic heterocycles. The highest BCUT2D eigenvalue weighted by atomic mass is 19.4. The van der Waals surface area contributed by atoms with Gasteiger partial charge in [-0.15, -0.1) is 0 Å². The molecule has 1 fully saturated rings. The Bertz CT molecular complexity index is 1040. The van der Waals surface area contributed by atoms with Crippen molar-refractivity contribution < 1.29 is 22.4 Å². The van der Waals surface area contributed by atoms with E-state index < -0.39 is 17.7 Å². The highest BCUT2D eigenvalue weighted by Crippen LogP contribution is 2.35. The maximum Gasteiger partial charge on any atom is 0.416 e. The number of benzene rings is 3. The summed E-state index contributed by atoms with van der Waals surface area (Å²) in [6.07, 6.45) is -3.05. The number of carbonyl (C=O) groups excluding carboxylic acids is 1. The molecular formula is C24H19F4NO. The van der Waals surface area contributed by atoms with Gasteiger partial charge < -0.3 is 4.90 Å². The third kappa shape index (κ3) is 4.08. The minimum Gasteiger partial charge on any atom is -0.312 e. The first-order chi connectivity index (χ1) is 14.3. The van der Waals surface area contributed by atoms with Crippen molar-refractivity contribution in [3.63, 3.8) is 0 Å². The fourth-order valence-corrected chi connectivity index (χ4v) is 3.85. The van der Waals surface area contributed by atoms with Crippen molar-refractivity contribution in [2.45, 2.75) is 24.9 Å². The summed E-state index contributed by atoms with van der Waals surface area (Å²) in [5, 5.41) is 0. The van der Waals surface area contributed by atoms with Gasteiger partial charge in [-0.25, -0.2) is 4.39 Å². The lowest BCUT2D eigenvalue weighted by Crippen LogP contribution is -2.40. The molecule has 0 spiro atoms. The molecule has 1 saturated heterocycles. The van der Waals surface area contributed by atoms with Gasteiger partial charge in [0.1, 0.15) is 5.82 Å². The average Bonchev–Trinajstić information content (AvgIpc) is 2.74. The van der Waals surface area contributed by atoms with Crippen molar-refractivity contribution in [3.8, 4) is 11.1 Å². The lowest BCUT2D eigenvalue weighted by atomic mass is 9.89. The molecule has 0 bridgehead atoms. The number of hydrogen-bond donors (Lipinski definition) is 0. The molecule has 4 rings (SSSR count). The molecular weight excluding hydrogens is 394 g/mol. The predicted octanol–water partition coefficient (Wildman–Crippen LogP) is 6.42. The SMILES string of the molecule is O=C1C(c2ccc(C(F)(F)F)cc2)CCCN1c1ccc(-c2cccc(F)c2)cc1. The number of anilines is 1. The van der Waals surface area contributed by atoms with Crippen LogP contribution >= 0.6 is 0 Å². The molecule has 0 N–H and O–H groups in total. The second-order valence-electron chi connectivity index (χ2n) is 7.36. The molecule has 3 aromatic rings. The molecule has 154 valence electrons. The largest absolute Gasteiger partial charge is 0.416 e. The fourth-order valence-electron chi connectivity index (χ4n) is 3.85. The molecule has 3 aromatic carbocycles. The van der Waals surface area contributed by atoms with Crippen molar-refractivity contribution in [3.05, 3.63) is 89.7 Å². The number of rotatable bonds is 3. The standard InChI is InChI=1S/C24H19F4NO/c25-20-4-1-3-18(15-20)16-8-12-21(13-9-16)29-14-2-5-22(23(29)30)17-6-10-19(11-7-17)24(26,27)28/h1,3-4,6-13,15,22H,2,5,14H2. The van der Waals surface area contributed by atoms with Gasteiger partial charge in [0.15, 0.2) is 0 Å². The zero-order chi connectivity index (χ0) is 21.3. The second kappa shape index (κ2) is 7.94. The van der Waals surface area contributed by atoms with Crippen molar-refractivity contribution in [2.75, 3.05) is 11.4 Å². The summed E-state index contributed by atoms with van der Waals surface area (Å²) in [5.74, 6) is -0.911. The van der Waals surface area contributed by atoms with Gasteiger partial charge >= 0.3 is 6.18 Å². The highest BCUT2D eigenvalue weighted by molar-refractivity contribution is 5.99. The molecule has 1 atom stereocenters. The van der Waals surface area contributed by atoms with Crippen molar-refractivity contribution in [1.29, 1.82) is 0 Å². The summed E-state index contributed by atoms with van der Waals surface area (Å²) < 4.78 is 51.9. The lowest BCUT2D eigenvalue weighted by molar-refractivity contribution is -0.137. The first kappa shape index (κ1) is 20.1. The number of hydrogen-bond acceptors (Lipinski definition) is 1. The van der Waals surface area contributed by atoms with Crippen LogP contribution < -0.4 is 4.90 Å². The van der Waals surface area contributed by atoms with E-state index in [2.05, 4.69) is 0 Å². The Labute approximate surface area is 171 Å². The van der Waals surface area contributed by atoms with Crippen LogP contribution in [0.4, 0.5) is 23.2 Å². The van der Waals surface area contributed by atoms with Crippen LogP contribution in [-0.2, 0) is 11.0 Å². The minimum atomic E-state index is -4.40. The van der Waals surface area contributed by atoms with Gasteiger partial charge in [0.2, 0.25) is 5.91 Å². The quantitative estimate of drug-likeness (QED) is 0.454. The Morgan fingerprint density at radius 1 is 0.867 bits per heavy atom. The van der Waals surface area contributed by atoms with Gasteiger partial charge in [0, 0.05) is 12.2 Å². The summed E-state index contributed by atoms with van der Waals surface area (Å²) in [6.45, 7) is 0.551. The lowest BCUT2D eigenvalue weighted by Gasteiger charge is -2.32. The normalized spacial score (nSPS) is 17.3. The molecule has 0 radical (unpaired) electrons. The van der Waals surface area contributed by atoms with Crippen LogP contribution in [0.3, 0.4) is 0 Å². The van der Waals surface area contributed by atoms with E-state index >= 15 is 0 Å². The van der Waals surface area contributed by atoms with Crippen molar-refractivity contribution >= 4 is 11.6 Å². The maximum atomic E-state index is 13.5. The van der Waals surface area contributed by atoms with Crippen LogP contribution in [0.15, 0.2) is 72.8 Å². The molecule has 6 heteroatoms. The Kier molecular flexibility index (Phi) is 5.33. The summed E-state index contributed by atoms with van der Waals surface area (Å²) >= 11 is 0. The minimum absolute atomic E-state index is 0.125. The van der Waals surface area contributed by atoms with E-state index in [-0.39, 0.29) is 11.7 Å². The van der Waals surface area contributed by atoms with Crippen LogP contribution in [0.1, 0.15) is 29.9 Å². The Balaban J connectivity index is 1.54. The number of piperidine rings is 1. The molecule has 1 unspecified atom stereocenters. The molecule has 0 aliphatic carbocycles. The maximum absolute atomic E-state index is 13.5. The molecule has 1 amide bonds. The summed E-state index contributed by atoms with van der Waals surface area (Å²) in [6, 6.07) is 18.4. The molecule has 0 saturated carbocycles. The van der Waals surface area contributed by atoms with E-state index in [4.69, 9.17) is 0 Å². The Hall–Kier alpha value is -3.15. The number of nitrogens with zero attached hydrogens (tertiary/aromatic N) is 1. The van der Waals surface area contributed by atoms with E-state index in [1.54, 1.807) is 11.0 Å². The average molecular weight is 413 g/mol. The summed E-state index contributed by atoms with van der Waals surface area (Å²) in [4.78, 5) is 14.7. The Morgan fingerprint density at radius 2 is 1.57 bits per heavy atom. The second-order valence-corrected chi connectivity index (χ2v) is 7.36. The number of carbonyl (C=O) groups is 1. The number of halogens is 4. The van der Waals surface area contributed by atoms with Gasteiger partial charge in [0.05, 0.1) is 11.5 Å². The topological polar surface area (TPSA) is 20.3 Å². The first-order valence-electron chi connectivity index (χ1n) is 9.67. The van der Waals surface area contributed by atoms with E-state index in [1.807, 2.05) is 30.3 Å². The molecule has 1 aliphatic heterocycles. The van der Waals surface area contributed by atoms with E-state index in [9.17, 15) is 22.4 Å². The predicted molar refractivity (Wildman–Crippen MR) is 108 cm³/mol. The fraction of sp³-hybridized carbons (Fsp3) is 0.208. The molecule has 1 heterocycles. The van der Waals surface area contributed by atoms with Gasteiger partial charge in [-0.3, -0.25) is 4.79 Å². The van der Waals surface area contributed by atoms with E-state index in [0.29, 0.717) is 18.5 Å². The van der Waals surface area contributed by atoms with Crippen molar-refractivity contribution in [1.82, 2.24) is 0 Å².